The molecule has 1 aromatic rings. The van der Waals surface area contributed by atoms with Crippen LogP contribution in [-0.2, 0) is 4.74 Å². The van der Waals surface area contributed by atoms with Gasteiger partial charge in [0.1, 0.15) is 12.4 Å². The van der Waals surface area contributed by atoms with E-state index in [1.807, 2.05) is 0 Å². The predicted octanol–water partition coefficient (Wildman–Crippen LogP) is 0.463. The number of halogens is 2. The topological polar surface area (TPSA) is 67.0 Å². The first-order valence-electron chi connectivity index (χ1n) is 4.33. The van der Waals surface area contributed by atoms with Crippen molar-refractivity contribution in [1.29, 1.82) is 0 Å². The van der Waals surface area contributed by atoms with Gasteiger partial charge in [-0.2, -0.15) is 0 Å². The molecule has 84 valence electrons. The van der Waals surface area contributed by atoms with E-state index in [0.29, 0.717) is 12.4 Å². The van der Waals surface area contributed by atoms with Gasteiger partial charge in [0.05, 0.1) is 12.9 Å². The third-order valence-corrected chi connectivity index (χ3v) is 1.47. The van der Waals surface area contributed by atoms with Crippen LogP contribution in [0.4, 0.5) is 14.6 Å². The summed E-state index contributed by atoms with van der Waals surface area (Å²) in [7, 11) is 0. The molecule has 0 fully saturated rings. The number of aromatic amines is 1. The zero-order valence-corrected chi connectivity index (χ0v) is 7.87. The van der Waals surface area contributed by atoms with E-state index in [9.17, 15) is 13.6 Å². The molecule has 15 heavy (non-hydrogen) atoms. The van der Waals surface area contributed by atoms with Crippen molar-refractivity contribution >= 4 is 5.82 Å². The van der Waals surface area contributed by atoms with Crippen LogP contribution in [0.15, 0.2) is 17.2 Å². The SMILES string of the molecule is O=c1cc(NCCOCC(F)F)nc[nH]1. The largest absolute Gasteiger partial charge is 0.374 e. The van der Waals surface area contributed by atoms with Gasteiger partial charge in [0, 0.05) is 12.6 Å². The zero-order valence-electron chi connectivity index (χ0n) is 7.87. The molecule has 0 bridgehead atoms. The molecule has 0 aliphatic carbocycles. The van der Waals surface area contributed by atoms with Crippen LogP contribution in [0.25, 0.3) is 0 Å². The summed E-state index contributed by atoms with van der Waals surface area (Å²) < 4.78 is 27.9. The predicted molar refractivity (Wildman–Crippen MR) is 50.2 cm³/mol. The maximum Gasteiger partial charge on any atom is 0.261 e. The van der Waals surface area contributed by atoms with Gasteiger partial charge in [-0.15, -0.1) is 0 Å². The standard InChI is InChI=1S/C8H11F2N3O2/c9-6(10)4-15-2-1-11-7-3-8(14)13-5-12-7/h3,5-6H,1-2,4H2,(H2,11,12,13,14). The van der Waals surface area contributed by atoms with Gasteiger partial charge in [0.15, 0.2) is 0 Å². The van der Waals surface area contributed by atoms with Crippen molar-refractivity contribution in [3.63, 3.8) is 0 Å². The maximum absolute atomic E-state index is 11.6. The highest BCUT2D eigenvalue weighted by atomic mass is 19.3. The minimum Gasteiger partial charge on any atom is -0.374 e. The van der Waals surface area contributed by atoms with Crippen molar-refractivity contribution in [2.45, 2.75) is 6.43 Å². The molecular formula is C8H11F2N3O2. The molecule has 1 rings (SSSR count). The number of hydrogen-bond donors (Lipinski definition) is 2. The van der Waals surface area contributed by atoms with Crippen LogP contribution in [0.2, 0.25) is 0 Å². The molecule has 0 amide bonds. The second-order valence-electron chi connectivity index (χ2n) is 2.69. The molecule has 0 radical (unpaired) electrons. The van der Waals surface area contributed by atoms with E-state index in [-0.39, 0.29) is 12.2 Å². The van der Waals surface area contributed by atoms with Crippen LogP contribution in [-0.4, -0.2) is 36.2 Å². The number of anilines is 1. The summed E-state index contributed by atoms with van der Waals surface area (Å²) >= 11 is 0. The van der Waals surface area contributed by atoms with E-state index in [0.717, 1.165) is 0 Å². The summed E-state index contributed by atoms with van der Waals surface area (Å²) in [6, 6.07) is 1.27. The van der Waals surface area contributed by atoms with E-state index in [4.69, 9.17) is 0 Å². The summed E-state index contributed by atoms with van der Waals surface area (Å²) in [5, 5.41) is 2.76. The number of ether oxygens (including phenoxy) is 1. The fourth-order valence-electron chi connectivity index (χ4n) is 0.889. The minimum absolute atomic E-state index is 0.138. The fraction of sp³-hybridized carbons (Fsp3) is 0.500. The van der Waals surface area contributed by atoms with E-state index in [1.54, 1.807) is 0 Å². The van der Waals surface area contributed by atoms with Crippen LogP contribution in [0.5, 0.6) is 0 Å². The minimum atomic E-state index is -2.46. The quantitative estimate of drug-likeness (QED) is 0.682. The second kappa shape index (κ2) is 6.07. The van der Waals surface area contributed by atoms with Crippen molar-refractivity contribution < 1.29 is 13.5 Å². The number of hydrogen-bond acceptors (Lipinski definition) is 4. The maximum atomic E-state index is 11.6. The van der Waals surface area contributed by atoms with Crippen molar-refractivity contribution in [2.24, 2.45) is 0 Å². The Morgan fingerprint density at radius 1 is 1.60 bits per heavy atom. The molecule has 0 saturated carbocycles. The number of H-pyrrole nitrogens is 1. The van der Waals surface area contributed by atoms with Crippen LogP contribution < -0.4 is 10.9 Å². The van der Waals surface area contributed by atoms with E-state index < -0.39 is 13.0 Å². The molecule has 5 nitrogen and oxygen atoms in total. The highest BCUT2D eigenvalue weighted by Crippen LogP contribution is 1.95. The monoisotopic (exact) mass is 219 g/mol. The smallest absolute Gasteiger partial charge is 0.261 e. The molecular weight excluding hydrogens is 208 g/mol. The van der Waals surface area contributed by atoms with Gasteiger partial charge < -0.3 is 15.0 Å². The molecule has 7 heteroatoms. The van der Waals surface area contributed by atoms with Crippen molar-refractivity contribution in [1.82, 2.24) is 9.97 Å². The molecule has 2 N–H and O–H groups in total. The van der Waals surface area contributed by atoms with Crippen LogP contribution >= 0.6 is 0 Å². The average molecular weight is 219 g/mol. The van der Waals surface area contributed by atoms with Crippen LogP contribution in [0.1, 0.15) is 0 Å². The van der Waals surface area contributed by atoms with Gasteiger partial charge in [0.25, 0.3) is 12.0 Å². The van der Waals surface area contributed by atoms with Gasteiger partial charge in [-0.05, 0) is 0 Å². The molecule has 0 aliphatic rings. The molecule has 0 spiro atoms. The Hall–Kier alpha value is -1.50. The summed E-state index contributed by atoms with van der Waals surface area (Å²) in [4.78, 5) is 17.0. The first kappa shape index (κ1) is 11.6. The summed E-state index contributed by atoms with van der Waals surface area (Å²) in [5.41, 5.74) is -0.277. The lowest BCUT2D eigenvalue weighted by Crippen LogP contribution is -2.15. The van der Waals surface area contributed by atoms with Gasteiger partial charge >= 0.3 is 0 Å². The van der Waals surface area contributed by atoms with E-state index in [1.165, 1.54) is 12.4 Å². The number of nitrogens with one attached hydrogen (secondary N) is 2. The molecule has 0 aromatic carbocycles. The third kappa shape index (κ3) is 5.06. The van der Waals surface area contributed by atoms with Gasteiger partial charge in [0.2, 0.25) is 0 Å². The Kier molecular flexibility index (Phi) is 4.69. The summed E-state index contributed by atoms with van der Waals surface area (Å²) in [5.74, 6) is 0.388. The lowest BCUT2D eigenvalue weighted by molar-refractivity contribution is 0.0215. The van der Waals surface area contributed by atoms with Gasteiger partial charge in [-0.3, -0.25) is 4.79 Å². The van der Waals surface area contributed by atoms with E-state index in [2.05, 4.69) is 20.0 Å². The highest BCUT2D eigenvalue weighted by Gasteiger charge is 2.00. The molecule has 0 saturated heterocycles. The molecule has 0 atom stereocenters. The van der Waals surface area contributed by atoms with Crippen LogP contribution in [0.3, 0.4) is 0 Å². The number of rotatable bonds is 6. The lowest BCUT2D eigenvalue weighted by atomic mass is 10.5. The Balaban J connectivity index is 2.18. The number of aromatic nitrogens is 2. The number of nitrogens with zero attached hydrogens (tertiary/aromatic N) is 1. The molecule has 0 aliphatic heterocycles. The number of alkyl halides is 2. The average Bonchev–Trinajstić information content (AvgIpc) is 2.17. The second-order valence-corrected chi connectivity index (χ2v) is 2.69. The normalized spacial score (nSPS) is 10.6. The van der Waals surface area contributed by atoms with Gasteiger partial charge in [-0.1, -0.05) is 0 Å². The molecule has 1 heterocycles. The summed E-state index contributed by atoms with van der Waals surface area (Å²) in [6.07, 6.45) is -1.20. The Bertz CT molecular complexity index is 343. The fourth-order valence-corrected chi connectivity index (χ4v) is 0.889. The first-order valence-corrected chi connectivity index (χ1v) is 4.33. The molecule has 1 aromatic heterocycles. The van der Waals surface area contributed by atoms with E-state index >= 15 is 0 Å². The van der Waals surface area contributed by atoms with Crippen molar-refractivity contribution in [3.8, 4) is 0 Å². The lowest BCUT2D eigenvalue weighted by Gasteiger charge is -2.05. The Morgan fingerprint density at radius 3 is 3.07 bits per heavy atom. The van der Waals surface area contributed by atoms with Gasteiger partial charge in [-0.25, -0.2) is 13.8 Å². The first-order chi connectivity index (χ1) is 7.18. The van der Waals surface area contributed by atoms with Crippen LogP contribution in [0, 0.1) is 0 Å². The van der Waals surface area contributed by atoms with Crippen molar-refractivity contribution in [2.75, 3.05) is 25.1 Å². The summed E-state index contributed by atoms with van der Waals surface area (Å²) in [6.45, 7) is -0.119. The third-order valence-electron chi connectivity index (χ3n) is 1.47. The zero-order chi connectivity index (χ0) is 11.1. The molecule has 0 unspecified atom stereocenters. The highest BCUT2D eigenvalue weighted by molar-refractivity contribution is 5.31. The van der Waals surface area contributed by atoms with Crippen molar-refractivity contribution in [3.05, 3.63) is 22.7 Å². The Labute approximate surface area is 84.5 Å². The Morgan fingerprint density at radius 2 is 2.40 bits per heavy atom.